The molecule has 1 N–H and O–H groups in total. The molecule has 0 aliphatic rings. The lowest BCUT2D eigenvalue weighted by Crippen LogP contribution is -2.22. The van der Waals surface area contributed by atoms with E-state index in [1.807, 2.05) is 14.1 Å². The molecule has 0 saturated carbocycles. The quantitative estimate of drug-likeness (QED) is 0.923. The molecular formula is C13H15ClFN3. The molecule has 0 saturated heterocycles. The molecule has 18 heavy (non-hydrogen) atoms. The van der Waals surface area contributed by atoms with E-state index in [1.165, 1.54) is 12.1 Å². The maximum atomic E-state index is 12.9. The van der Waals surface area contributed by atoms with Crippen LogP contribution in [0.5, 0.6) is 0 Å². The topological polar surface area (TPSA) is 29.9 Å². The number of rotatable bonds is 4. The van der Waals surface area contributed by atoms with Gasteiger partial charge in [-0.3, -0.25) is 4.68 Å². The van der Waals surface area contributed by atoms with E-state index < -0.39 is 0 Å². The lowest BCUT2D eigenvalue weighted by atomic mass is 10.0. The molecule has 96 valence electrons. The molecule has 1 atom stereocenters. The summed E-state index contributed by atoms with van der Waals surface area (Å²) >= 11 is 6.13. The van der Waals surface area contributed by atoms with Crippen molar-refractivity contribution in [2.45, 2.75) is 12.5 Å². The Balaban J connectivity index is 2.22. The van der Waals surface area contributed by atoms with Crippen LogP contribution in [-0.2, 0) is 13.5 Å². The zero-order chi connectivity index (χ0) is 13.1. The summed E-state index contributed by atoms with van der Waals surface area (Å²) in [4.78, 5) is 0. The lowest BCUT2D eigenvalue weighted by Gasteiger charge is -2.17. The first kappa shape index (κ1) is 13.1. The van der Waals surface area contributed by atoms with Gasteiger partial charge in [-0.2, -0.15) is 5.10 Å². The highest BCUT2D eigenvalue weighted by Gasteiger charge is 2.17. The number of likely N-dealkylation sites (N-methyl/N-ethyl adjacent to an activating group) is 1. The second-order valence-corrected chi connectivity index (χ2v) is 4.58. The Hall–Kier alpha value is -1.39. The first-order valence-corrected chi connectivity index (χ1v) is 6.08. The van der Waals surface area contributed by atoms with Crippen LogP contribution in [0.2, 0.25) is 5.02 Å². The molecule has 0 aliphatic carbocycles. The Labute approximate surface area is 111 Å². The van der Waals surface area contributed by atoms with Gasteiger partial charge in [-0.15, -0.1) is 0 Å². The van der Waals surface area contributed by atoms with Crippen LogP contribution in [-0.4, -0.2) is 16.8 Å². The average Bonchev–Trinajstić information content (AvgIpc) is 2.69. The van der Waals surface area contributed by atoms with Gasteiger partial charge in [0, 0.05) is 7.05 Å². The molecule has 1 unspecified atom stereocenters. The van der Waals surface area contributed by atoms with Crippen LogP contribution in [0.25, 0.3) is 0 Å². The van der Waals surface area contributed by atoms with Gasteiger partial charge in [-0.05, 0) is 31.2 Å². The average molecular weight is 268 g/mol. The van der Waals surface area contributed by atoms with Gasteiger partial charge < -0.3 is 5.32 Å². The van der Waals surface area contributed by atoms with E-state index in [-0.39, 0.29) is 11.9 Å². The smallest absolute Gasteiger partial charge is 0.123 e. The van der Waals surface area contributed by atoms with Crippen LogP contribution >= 0.6 is 11.6 Å². The summed E-state index contributed by atoms with van der Waals surface area (Å²) in [6.07, 6.45) is 2.36. The van der Waals surface area contributed by atoms with Crippen molar-refractivity contribution in [3.05, 3.63) is 52.6 Å². The van der Waals surface area contributed by atoms with Crippen LogP contribution in [0.1, 0.15) is 17.3 Å². The fourth-order valence-corrected chi connectivity index (χ4v) is 2.30. The van der Waals surface area contributed by atoms with E-state index in [2.05, 4.69) is 10.4 Å². The van der Waals surface area contributed by atoms with Gasteiger partial charge in [0.05, 0.1) is 23.0 Å². The van der Waals surface area contributed by atoms with Crippen molar-refractivity contribution in [2.75, 3.05) is 7.05 Å². The zero-order valence-electron chi connectivity index (χ0n) is 10.3. The van der Waals surface area contributed by atoms with E-state index in [4.69, 9.17) is 11.6 Å². The van der Waals surface area contributed by atoms with Crippen LogP contribution in [0.3, 0.4) is 0 Å². The summed E-state index contributed by atoms with van der Waals surface area (Å²) in [7, 11) is 3.73. The molecule has 0 amide bonds. The number of nitrogens with zero attached hydrogens (tertiary/aromatic N) is 2. The van der Waals surface area contributed by atoms with Gasteiger partial charge in [0.2, 0.25) is 0 Å². The Bertz CT molecular complexity index is 502. The SMILES string of the molecule is CNC(Cc1ccc(F)cc1)c1c(Cl)cnn1C. The summed E-state index contributed by atoms with van der Waals surface area (Å²) in [5.74, 6) is -0.224. The van der Waals surface area contributed by atoms with Gasteiger partial charge in [0.15, 0.2) is 0 Å². The Morgan fingerprint density at radius 2 is 2.06 bits per heavy atom. The van der Waals surface area contributed by atoms with Crippen LogP contribution < -0.4 is 5.32 Å². The van der Waals surface area contributed by atoms with E-state index in [0.29, 0.717) is 5.02 Å². The molecule has 3 nitrogen and oxygen atoms in total. The Morgan fingerprint density at radius 1 is 1.39 bits per heavy atom. The second kappa shape index (κ2) is 5.50. The summed E-state index contributed by atoms with van der Waals surface area (Å²) in [6.45, 7) is 0. The summed E-state index contributed by atoms with van der Waals surface area (Å²) in [6, 6.07) is 6.55. The summed E-state index contributed by atoms with van der Waals surface area (Å²) in [5.41, 5.74) is 1.98. The lowest BCUT2D eigenvalue weighted by molar-refractivity contribution is 0.537. The predicted molar refractivity (Wildman–Crippen MR) is 70.1 cm³/mol. The maximum Gasteiger partial charge on any atom is 0.123 e. The number of aromatic nitrogens is 2. The molecule has 0 spiro atoms. The number of halogens is 2. The van der Waals surface area contributed by atoms with Gasteiger partial charge >= 0.3 is 0 Å². The monoisotopic (exact) mass is 267 g/mol. The minimum atomic E-state index is -0.224. The second-order valence-electron chi connectivity index (χ2n) is 4.17. The maximum absolute atomic E-state index is 12.9. The van der Waals surface area contributed by atoms with Crippen molar-refractivity contribution in [2.24, 2.45) is 7.05 Å². The van der Waals surface area contributed by atoms with Crippen molar-refractivity contribution in [3.8, 4) is 0 Å². The first-order chi connectivity index (χ1) is 8.61. The first-order valence-electron chi connectivity index (χ1n) is 5.71. The molecule has 2 rings (SSSR count). The third-order valence-electron chi connectivity index (χ3n) is 2.97. The van der Waals surface area contributed by atoms with Gasteiger partial charge in [0.1, 0.15) is 5.82 Å². The predicted octanol–water partition coefficient (Wildman–Crippen LogP) is 2.72. The standard InChI is InChI=1S/C13H15ClFN3/c1-16-12(13-11(14)8-17-18(13)2)7-9-3-5-10(15)6-4-9/h3-6,8,12,16H,7H2,1-2H3. The van der Waals surface area contributed by atoms with Crippen LogP contribution in [0.4, 0.5) is 4.39 Å². The highest BCUT2D eigenvalue weighted by Crippen LogP contribution is 2.24. The third kappa shape index (κ3) is 2.71. The number of benzene rings is 1. The van der Waals surface area contributed by atoms with Crippen molar-refractivity contribution in [1.29, 1.82) is 0 Å². The van der Waals surface area contributed by atoms with Crippen molar-refractivity contribution < 1.29 is 4.39 Å². The van der Waals surface area contributed by atoms with Crippen molar-refractivity contribution >= 4 is 11.6 Å². The molecular weight excluding hydrogens is 253 g/mol. The zero-order valence-corrected chi connectivity index (χ0v) is 11.1. The van der Waals surface area contributed by atoms with E-state index in [1.54, 1.807) is 23.0 Å². The Morgan fingerprint density at radius 3 is 2.56 bits per heavy atom. The summed E-state index contributed by atoms with van der Waals surface area (Å²) < 4.78 is 14.6. The number of hydrogen-bond acceptors (Lipinski definition) is 2. The highest BCUT2D eigenvalue weighted by atomic mass is 35.5. The molecule has 1 heterocycles. The number of hydrogen-bond donors (Lipinski definition) is 1. The third-order valence-corrected chi connectivity index (χ3v) is 3.26. The minimum Gasteiger partial charge on any atom is -0.311 e. The largest absolute Gasteiger partial charge is 0.311 e. The van der Waals surface area contributed by atoms with Crippen molar-refractivity contribution in [3.63, 3.8) is 0 Å². The van der Waals surface area contributed by atoms with Crippen molar-refractivity contribution in [1.82, 2.24) is 15.1 Å². The molecule has 5 heteroatoms. The Kier molecular flexibility index (Phi) is 3.99. The number of aryl methyl sites for hydroxylation is 1. The molecule has 1 aromatic carbocycles. The van der Waals surface area contributed by atoms with Gasteiger partial charge in [0.25, 0.3) is 0 Å². The molecule has 2 aromatic rings. The fraction of sp³-hybridized carbons (Fsp3) is 0.308. The molecule has 0 aliphatic heterocycles. The van der Waals surface area contributed by atoms with E-state index in [0.717, 1.165) is 17.7 Å². The minimum absolute atomic E-state index is 0.0514. The van der Waals surface area contributed by atoms with E-state index >= 15 is 0 Å². The summed E-state index contributed by atoms with van der Waals surface area (Å²) in [5, 5.41) is 7.97. The molecule has 1 aromatic heterocycles. The normalized spacial score (nSPS) is 12.7. The van der Waals surface area contributed by atoms with Gasteiger partial charge in [-0.1, -0.05) is 23.7 Å². The molecule has 0 radical (unpaired) electrons. The van der Waals surface area contributed by atoms with E-state index in [9.17, 15) is 4.39 Å². The number of nitrogens with one attached hydrogen (secondary N) is 1. The highest BCUT2D eigenvalue weighted by molar-refractivity contribution is 6.31. The molecule has 0 bridgehead atoms. The fourth-order valence-electron chi connectivity index (χ4n) is 2.00. The molecule has 0 fully saturated rings. The van der Waals surface area contributed by atoms with Gasteiger partial charge in [-0.25, -0.2) is 4.39 Å². The van der Waals surface area contributed by atoms with Crippen LogP contribution in [0.15, 0.2) is 30.5 Å². The van der Waals surface area contributed by atoms with Crippen LogP contribution in [0, 0.1) is 5.82 Å².